The van der Waals surface area contributed by atoms with Gasteiger partial charge >= 0.3 is 0 Å². The first-order valence-electron chi connectivity index (χ1n) is 12.8. The molecule has 2 aliphatic rings. The van der Waals surface area contributed by atoms with Gasteiger partial charge in [0.05, 0.1) is 31.4 Å². The minimum atomic E-state index is 0.386. The molecule has 4 rings (SSSR count). The van der Waals surface area contributed by atoms with E-state index in [1.54, 1.807) is 7.11 Å². The smallest absolute Gasteiger partial charge is 0.228 e. The van der Waals surface area contributed by atoms with Crippen molar-refractivity contribution >= 4 is 22.7 Å². The molecule has 2 aliphatic heterocycles. The third kappa shape index (κ3) is 6.54. The van der Waals surface area contributed by atoms with Crippen molar-refractivity contribution in [3.05, 3.63) is 17.7 Å². The number of methoxy groups -OCH3 is 1. The Labute approximate surface area is 210 Å². The van der Waals surface area contributed by atoms with Gasteiger partial charge in [0.25, 0.3) is 0 Å². The van der Waals surface area contributed by atoms with Crippen molar-refractivity contribution in [2.75, 3.05) is 77.4 Å². The monoisotopic (exact) mass is 480 g/mol. The Morgan fingerprint density at radius 3 is 2.54 bits per heavy atom. The molecule has 2 aromatic rings. The Morgan fingerprint density at radius 2 is 1.89 bits per heavy atom. The Kier molecular flexibility index (Phi) is 8.66. The van der Waals surface area contributed by atoms with Gasteiger partial charge in [0.2, 0.25) is 5.95 Å². The highest BCUT2D eigenvalue weighted by Crippen LogP contribution is 2.32. The predicted molar refractivity (Wildman–Crippen MR) is 143 cm³/mol. The second-order valence-corrected chi connectivity index (χ2v) is 9.94. The van der Waals surface area contributed by atoms with Crippen LogP contribution >= 0.6 is 0 Å². The van der Waals surface area contributed by atoms with Gasteiger partial charge in [-0.1, -0.05) is 11.8 Å². The van der Waals surface area contributed by atoms with E-state index in [2.05, 4.69) is 65.9 Å². The third-order valence-corrected chi connectivity index (χ3v) is 6.81. The molecule has 0 atom stereocenters. The van der Waals surface area contributed by atoms with E-state index in [-0.39, 0.29) is 0 Å². The van der Waals surface area contributed by atoms with Gasteiger partial charge in [0, 0.05) is 56.6 Å². The Balaban J connectivity index is 1.67. The maximum Gasteiger partial charge on any atom is 0.228 e. The van der Waals surface area contributed by atoms with Crippen molar-refractivity contribution in [1.29, 1.82) is 0 Å². The first-order valence-corrected chi connectivity index (χ1v) is 12.8. The summed E-state index contributed by atoms with van der Waals surface area (Å²) in [5.41, 5.74) is 1.75. The Hall–Kier alpha value is -2.60. The first-order chi connectivity index (χ1) is 16.9. The molecular formula is C27H40N6O2. The van der Waals surface area contributed by atoms with E-state index in [1.165, 1.54) is 0 Å². The molecular weight excluding hydrogens is 440 g/mol. The number of benzene rings is 1. The number of nitrogens with zero attached hydrogens (tertiary/aromatic N) is 5. The normalized spacial score (nSPS) is 17.6. The molecule has 8 heteroatoms. The fourth-order valence-corrected chi connectivity index (χ4v) is 4.62. The van der Waals surface area contributed by atoms with E-state index >= 15 is 0 Å². The number of fused-ring (bicyclic) bond motifs is 1. The standard InChI is InChI=1S/C27H40N6O2/c1-20(2)32-12-9-22(10-13-32)28-26-23-19-25(34-5)21(8-6-7-11-31(3)4)18-24(23)29-27(30-26)33-14-16-35-17-15-33/h18-20,22H,7,9-17H2,1-5H3,(H,28,29,30). The molecule has 0 spiro atoms. The number of hydrogen-bond acceptors (Lipinski definition) is 8. The van der Waals surface area contributed by atoms with Crippen LogP contribution in [-0.4, -0.2) is 99.0 Å². The molecule has 8 nitrogen and oxygen atoms in total. The number of rotatable bonds is 7. The molecule has 0 unspecified atom stereocenters. The molecule has 2 fully saturated rings. The molecule has 1 aromatic carbocycles. The predicted octanol–water partition coefficient (Wildman–Crippen LogP) is 3.06. The Bertz CT molecular complexity index is 1050. The number of nitrogens with one attached hydrogen (secondary N) is 1. The van der Waals surface area contributed by atoms with E-state index in [0.717, 1.165) is 86.0 Å². The highest BCUT2D eigenvalue weighted by atomic mass is 16.5. The van der Waals surface area contributed by atoms with Crippen LogP contribution in [0.1, 0.15) is 38.7 Å². The number of anilines is 2. The number of hydrogen-bond donors (Lipinski definition) is 1. The molecule has 1 N–H and O–H groups in total. The summed E-state index contributed by atoms with van der Waals surface area (Å²) in [6.07, 6.45) is 3.01. The molecule has 0 amide bonds. The number of piperidine rings is 1. The number of ether oxygens (including phenoxy) is 2. The molecule has 35 heavy (non-hydrogen) atoms. The van der Waals surface area contributed by atoms with Crippen LogP contribution in [0.4, 0.5) is 11.8 Å². The van der Waals surface area contributed by atoms with Gasteiger partial charge in [-0.05, 0) is 52.9 Å². The summed E-state index contributed by atoms with van der Waals surface area (Å²) in [6.45, 7) is 10.7. The maximum absolute atomic E-state index is 5.73. The van der Waals surface area contributed by atoms with Crippen LogP contribution in [-0.2, 0) is 4.74 Å². The van der Waals surface area contributed by atoms with Crippen LogP contribution in [0.25, 0.3) is 10.9 Å². The Morgan fingerprint density at radius 1 is 1.14 bits per heavy atom. The van der Waals surface area contributed by atoms with Crippen molar-refractivity contribution < 1.29 is 9.47 Å². The summed E-state index contributed by atoms with van der Waals surface area (Å²) >= 11 is 0. The summed E-state index contributed by atoms with van der Waals surface area (Å²) in [7, 11) is 5.82. The van der Waals surface area contributed by atoms with Crippen molar-refractivity contribution in [3.8, 4) is 17.6 Å². The average molecular weight is 481 g/mol. The fraction of sp³-hybridized carbons (Fsp3) is 0.630. The minimum Gasteiger partial charge on any atom is -0.495 e. The van der Waals surface area contributed by atoms with Gasteiger partial charge in [0.15, 0.2) is 0 Å². The number of morpholine rings is 1. The maximum atomic E-state index is 5.73. The summed E-state index contributed by atoms with van der Waals surface area (Å²) in [5.74, 6) is 8.98. The molecule has 3 heterocycles. The summed E-state index contributed by atoms with van der Waals surface area (Å²) in [4.78, 5) is 16.9. The van der Waals surface area contributed by atoms with Gasteiger partial charge in [-0.15, -0.1) is 0 Å². The first kappa shape index (κ1) is 25.5. The van der Waals surface area contributed by atoms with Crippen LogP contribution in [0.3, 0.4) is 0 Å². The van der Waals surface area contributed by atoms with Gasteiger partial charge in [0.1, 0.15) is 11.6 Å². The lowest BCUT2D eigenvalue weighted by molar-refractivity contribution is 0.122. The quantitative estimate of drug-likeness (QED) is 0.607. The van der Waals surface area contributed by atoms with Crippen LogP contribution in [0.15, 0.2) is 12.1 Å². The molecule has 0 saturated carbocycles. The molecule has 1 aromatic heterocycles. The van der Waals surface area contributed by atoms with Crippen LogP contribution in [0, 0.1) is 11.8 Å². The third-order valence-electron chi connectivity index (χ3n) is 6.81. The van der Waals surface area contributed by atoms with E-state index in [0.29, 0.717) is 25.3 Å². The minimum absolute atomic E-state index is 0.386. The lowest BCUT2D eigenvalue weighted by atomic mass is 10.0. The summed E-state index contributed by atoms with van der Waals surface area (Å²) < 4.78 is 11.3. The van der Waals surface area contributed by atoms with Crippen molar-refractivity contribution in [2.45, 2.75) is 45.2 Å². The lowest BCUT2D eigenvalue weighted by Crippen LogP contribution is -2.42. The van der Waals surface area contributed by atoms with E-state index in [4.69, 9.17) is 19.4 Å². The van der Waals surface area contributed by atoms with Crippen molar-refractivity contribution in [1.82, 2.24) is 19.8 Å². The zero-order valence-electron chi connectivity index (χ0n) is 21.9. The van der Waals surface area contributed by atoms with Crippen LogP contribution in [0.2, 0.25) is 0 Å². The molecule has 0 bridgehead atoms. The van der Waals surface area contributed by atoms with Crippen LogP contribution in [0.5, 0.6) is 5.75 Å². The van der Waals surface area contributed by atoms with Crippen LogP contribution < -0.4 is 15.0 Å². The van der Waals surface area contributed by atoms with Crippen molar-refractivity contribution in [3.63, 3.8) is 0 Å². The average Bonchev–Trinajstić information content (AvgIpc) is 2.86. The molecule has 0 aliphatic carbocycles. The SMILES string of the molecule is COc1cc2c(NC3CCN(C(C)C)CC3)nc(N3CCOCC3)nc2cc1C#CCCN(C)C. The van der Waals surface area contributed by atoms with Gasteiger partial charge < -0.3 is 29.5 Å². The molecule has 190 valence electrons. The van der Waals surface area contributed by atoms with E-state index < -0.39 is 0 Å². The van der Waals surface area contributed by atoms with Crippen molar-refractivity contribution in [2.24, 2.45) is 0 Å². The highest BCUT2D eigenvalue weighted by molar-refractivity contribution is 5.92. The molecule has 2 saturated heterocycles. The largest absolute Gasteiger partial charge is 0.495 e. The number of aromatic nitrogens is 2. The topological polar surface area (TPSA) is 66.0 Å². The highest BCUT2D eigenvalue weighted by Gasteiger charge is 2.23. The summed E-state index contributed by atoms with van der Waals surface area (Å²) in [5, 5.41) is 4.74. The second kappa shape index (κ2) is 11.9. The van der Waals surface area contributed by atoms with Gasteiger partial charge in [-0.25, -0.2) is 4.98 Å². The lowest BCUT2D eigenvalue weighted by Gasteiger charge is -2.35. The van der Waals surface area contributed by atoms with E-state index in [1.807, 2.05) is 6.07 Å². The zero-order chi connectivity index (χ0) is 24.8. The second-order valence-electron chi connectivity index (χ2n) is 9.94. The van der Waals surface area contributed by atoms with Gasteiger partial charge in [-0.2, -0.15) is 4.98 Å². The van der Waals surface area contributed by atoms with E-state index in [9.17, 15) is 0 Å². The molecule has 0 radical (unpaired) electrons. The zero-order valence-corrected chi connectivity index (χ0v) is 21.9. The van der Waals surface area contributed by atoms with Gasteiger partial charge in [-0.3, -0.25) is 0 Å². The number of likely N-dealkylation sites (tertiary alicyclic amines) is 1. The fourth-order valence-electron chi connectivity index (χ4n) is 4.62. The summed E-state index contributed by atoms with van der Waals surface area (Å²) in [6, 6.07) is 5.07.